The first-order chi connectivity index (χ1) is 15.3. The maximum Gasteiger partial charge on any atom is 0.300 e. The number of nitrogens with zero attached hydrogens (tertiary/aromatic N) is 2. The lowest BCUT2D eigenvalue weighted by Crippen LogP contribution is -2.30. The van der Waals surface area contributed by atoms with Crippen LogP contribution in [0.1, 0.15) is 22.9 Å². The first kappa shape index (κ1) is 21.5. The van der Waals surface area contributed by atoms with E-state index >= 15 is 0 Å². The van der Waals surface area contributed by atoms with Gasteiger partial charge >= 0.3 is 0 Å². The predicted octanol–water partition coefficient (Wildman–Crippen LogP) is 4.82. The number of anilines is 1. The Labute approximate surface area is 188 Å². The number of hydrogen-bond donors (Lipinski definition) is 1. The number of methoxy groups -OCH3 is 1. The smallest absolute Gasteiger partial charge is 0.300 e. The zero-order chi connectivity index (χ0) is 23.0. The summed E-state index contributed by atoms with van der Waals surface area (Å²) < 4.78 is 19.2. The first-order valence-electron chi connectivity index (χ1n) is 9.65. The van der Waals surface area contributed by atoms with Crippen LogP contribution < -0.4 is 9.64 Å². The summed E-state index contributed by atoms with van der Waals surface area (Å²) in [5.41, 5.74) is 1.18. The molecule has 6 nitrogen and oxygen atoms in total. The van der Waals surface area contributed by atoms with Gasteiger partial charge in [-0.15, -0.1) is 0 Å². The Balaban J connectivity index is 2.01. The Morgan fingerprint density at radius 2 is 1.94 bits per heavy atom. The third kappa shape index (κ3) is 3.61. The maximum atomic E-state index is 14.0. The highest BCUT2D eigenvalue weighted by atomic mass is 35.5. The molecular formula is C24H18ClFN2O4. The molecule has 1 aromatic heterocycles. The molecular weight excluding hydrogens is 435 g/mol. The number of ether oxygens (including phenoxy) is 1. The molecule has 0 saturated carbocycles. The number of aliphatic hydroxyl groups excluding tert-OH is 1. The van der Waals surface area contributed by atoms with Crippen LogP contribution in [-0.2, 0) is 9.59 Å². The fourth-order valence-electron chi connectivity index (χ4n) is 3.75. The van der Waals surface area contributed by atoms with Crippen LogP contribution in [0.4, 0.5) is 10.1 Å². The molecule has 3 aromatic rings. The number of pyridine rings is 1. The van der Waals surface area contributed by atoms with Crippen molar-refractivity contribution in [2.75, 3.05) is 12.0 Å². The molecule has 0 bridgehead atoms. The van der Waals surface area contributed by atoms with E-state index in [4.69, 9.17) is 16.3 Å². The summed E-state index contributed by atoms with van der Waals surface area (Å²) in [6.45, 7) is 1.77. The molecule has 1 N–H and O–H groups in total. The largest absolute Gasteiger partial charge is 0.507 e. The lowest BCUT2D eigenvalue weighted by molar-refractivity contribution is -0.132. The number of aryl methyl sites for hydroxylation is 1. The normalized spacial score (nSPS) is 17.6. The zero-order valence-electron chi connectivity index (χ0n) is 17.2. The summed E-state index contributed by atoms with van der Waals surface area (Å²) in [5, 5.41) is 11.5. The summed E-state index contributed by atoms with van der Waals surface area (Å²) >= 11 is 6.17. The van der Waals surface area contributed by atoms with Crippen molar-refractivity contribution in [2.45, 2.75) is 13.0 Å². The molecule has 0 aliphatic carbocycles. The third-order valence-electron chi connectivity index (χ3n) is 5.26. The Morgan fingerprint density at radius 1 is 1.16 bits per heavy atom. The molecule has 2 aromatic carbocycles. The van der Waals surface area contributed by atoms with Crippen molar-refractivity contribution < 1.29 is 23.8 Å². The van der Waals surface area contributed by atoms with Gasteiger partial charge in [0.15, 0.2) is 0 Å². The van der Waals surface area contributed by atoms with Crippen LogP contribution in [0.5, 0.6) is 5.75 Å². The SMILES string of the molecule is COc1ccc(F)cc1/C(O)=C1\C(=O)C(=O)N(c2cc(Cl)ccc2C)C1c1ccccn1. The van der Waals surface area contributed by atoms with E-state index in [0.29, 0.717) is 22.0 Å². The number of Topliss-reactive ketones (excluding diaryl/α,β-unsaturated/α-hetero) is 1. The average molecular weight is 453 g/mol. The number of hydrogen-bond acceptors (Lipinski definition) is 5. The van der Waals surface area contributed by atoms with Crippen LogP contribution in [0, 0.1) is 12.7 Å². The van der Waals surface area contributed by atoms with E-state index in [0.717, 1.165) is 6.07 Å². The van der Waals surface area contributed by atoms with Crippen molar-refractivity contribution in [1.29, 1.82) is 0 Å². The Kier molecular flexibility index (Phi) is 5.67. The molecule has 1 atom stereocenters. The Hall–Kier alpha value is -3.71. The highest BCUT2D eigenvalue weighted by Crippen LogP contribution is 2.44. The van der Waals surface area contributed by atoms with Gasteiger partial charge in [-0.25, -0.2) is 4.39 Å². The van der Waals surface area contributed by atoms with Crippen molar-refractivity contribution >= 4 is 34.7 Å². The number of halogens is 2. The van der Waals surface area contributed by atoms with E-state index in [1.807, 2.05) is 0 Å². The number of carbonyl (C=O) groups is 2. The van der Waals surface area contributed by atoms with Crippen molar-refractivity contribution in [3.8, 4) is 5.75 Å². The molecule has 0 radical (unpaired) electrons. The van der Waals surface area contributed by atoms with E-state index < -0.39 is 29.3 Å². The maximum absolute atomic E-state index is 14.0. The topological polar surface area (TPSA) is 79.7 Å². The quantitative estimate of drug-likeness (QED) is 0.349. The number of benzene rings is 2. The van der Waals surface area contributed by atoms with Gasteiger partial charge in [0.2, 0.25) is 0 Å². The molecule has 2 heterocycles. The number of carbonyl (C=O) groups excluding carboxylic acids is 2. The van der Waals surface area contributed by atoms with Crippen molar-refractivity contribution in [3.05, 3.63) is 94.0 Å². The van der Waals surface area contributed by atoms with Gasteiger partial charge in [-0.2, -0.15) is 0 Å². The van der Waals surface area contributed by atoms with Gasteiger partial charge in [0.1, 0.15) is 23.4 Å². The second-order valence-electron chi connectivity index (χ2n) is 7.20. The monoisotopic (exact) mass is 452 g/mol. The fraction of sp³-hybridized carbons (Fsp3) is 0.125. The lowest BCUT2D eigenvalue weighted by Gasteiger charge is -2.26. The molecule has 4 rings (SSSR count). The molecule has 1 amide bonds. The summed E-state index contributed by atoms with van der Waals surface area (Å²) in [7, 11) is 1.36. The number of amides is 1. The van der Waals surface area contributed by atoms with Gasteiger partial charge in [-0.1, -0.05) is 23.7 Å². The van der Waals surface area contributed by atoms with Crippen LogP contribution in [0.25, 0.3) is 5.76 Å². The molecule has 0 spiro atoms. The van der Waals surface area contributed by atoms with Gasteiger partial charge in [-0.05, 0) is 55.0 Å². The summed E-state index contributed by atoms with van der Waals surface area (Å²) in [6.07, 6.45) is 1.52. The van der Waals surface area contributed by atoms with Gasteiger partial charge in [0.25, 0.3) is 11.7 Å². The van der Waals surface area contributed by atoms with Crippen LogP contribution in [0.2, 0.25) is 5.02 Å². The van der Waals surface area contributed by atoms with Crippen LogP contribution in [-0.4, -0.2) is 28.9 Å². The van der Waals surface area contributed by atoms with Crippen LogP contribution >= 0.6 is 11.6 Å². The van der Waals surface area contributed by atoms with Gasteiger partial charge < -0.3 is 9.84 Å². The molecule has 162 valence electrons. The minimum absolute atomic E-state index is 0.0470. The second-order valence-corrected chi connectivity index (χ2v) is 7.64. The van der Waals surface area contributed by atoms with E-state index in [1.54, 1.807) is 43.3 Å². The molecule has 1 fully saturated rings. The molecule has 1 aliphatic rings. The first-order valence-corrected chi connectivity index (χ1v) is 10.0. The molecule has 1 saturated heterocycles. The highest BCUT2D eigenvalue weighted by Gasteiger charge is 2.48. The Morgan fingerprint density at radius 3 is 2.62 bits per heavy atom. The van der Waals surface area contributed by atoms with Crippen molar-refractivity contribution in [2.24, 2.45) is 0 Å². The van der Waals surface area contributed by atoms with Crippen LogP contribution in [0.15, 0.2) is 66.4 Å². The van der Waals surface area contributed by atoms with Gasteiger partial charge in [0, 0.05) is 16.9 Å². The standard InChI is InChI=1S/C24H18ClFN2O4/c1-13-6-7-14(25)11-18(13)28-21(17-5-3-4-10-27-17)20(23(30)24(28)31)22(29)16-12-15(26)8-9-19(16)32-2/h3-12,21,29H,1-2H3/b22-20+. The second kappa shape index (κ2) is 8.43. The molecule has 8 heteroatoms. The van der Waals surface area contributed by atoms with E-state index in [2.05, 4.69) is 4.98 Å². The number of ketones is 1. The number of aromatic nitrogens is 1. The molecule has 1 aliphatic heterocycles. The fourth-order valence-corrected chi connectivity index (χ4v) is 3.92. The summed E-state index contributed by atoms with van der Waals surface area (Å²) in [5.74, 6) is -2.83. The molecule has 32 heavy (non-hydrogen) atoms. The predicted molar refractivity (Wildman–Crippen MR) is 118 cm³/mol. The number of rotatable bonds is 4. The third-order valence-corrected chi connectivity index (χ3v) is 5.49. The zero-order valence-corrected chi connectivity index (χ0v) is 17.9. The van der Waals surface area contributed by atoms with Gasteiger partial charge in [-0.3, -0.25) is 19.5 Å². The van der Waals surface area contributed by atoms with Crippen LogP contribution in [0.3, 0.4) is 0 Å². The number of aliphatic hydroxyl groups is 1. The molecule has 1 unspecified atom stereocenters. The van der Waals surface area contributed by atoms with E-state index in [-0.39, 0.29) is 16.9 Å². The van der Waals surface area contributed by atoms with Gasteiger partial charge in [0.05, 0.1) is 23.9 Å². The van der Waals surface area contributed by atoms with Crippen molar-refractivity contribution in [1.82, 2.24) is 4.98 Å². The summed E-state index contributed by atoms with van der Waals surface area (Å²) in [4.78, 5) is 31.9. The lowest BCUT2D eigenvalue weighted by atomic mass is 9.97. The Bertz CT molecular complexity index is 1260. The summed E-state index contributed by atoms with van der Waals surface area (Å²) in [6, 6.07) is 12.5. The van der Waals surface area contributed by atoms with E-state index in [1.165, 1.54) is 30.3 Å². The minimum Gasteiger partial charge on any atom is -0.507 e. The van der Waals surface area contributed by atoms with E-state index in [9.17, 15) is 19.1 Å². The minimum atomic E-state index is -1.05. The van der Waals surface area contributed by atoms with Crippen molar-refractivity contribution in [3.63, 3.8) is 0 Å². The highest BCUT2D eigenvalue weighted by molar-refractivity contribution is 6.52. The average Bonchev–Trinajstić information content (AvgIpc) is 3.06.